The summed E-state index contributed by atoms with van der Waals surface area (Å²) in [5, 5.41) is 14.6. The zero-order valence-corrected chi connectivity index (χ0v) is 19.4. The van der Waals surface area contributed by atoms with Crippen molar-refractivity contribution in [1.29, 1.82) is 0 Å². The first kappa shape index (κ1) is 22.4. The molecular weight excluding hydrogens is 488 g/mol. The van der Waals surface area contributed by atoms with Crippen LogP contribution in [-0.2, 0) is 9.59 Å². The van der Waals surface area contributed by atoms with Crippen molar-refractivity contribution in [3.63, 3.8) is 0 Å². The highest BCUT2D eigenvalue weighted by Gasteiger charge is 2.34. The maximum Gasteiger partial charge on any atom is 0.345 e. The van der Waals surface area contributed by atoms with Crippen molar-refractivity contribution in [3.8, 4) is 17.4 Å². The summed E-state index contributed by atoms with van der Waals surface area (Å²) < 4.78 is 7.33. The molecule has 0 aliphatic carbocycles. The summed E-state index contributed by atoms with van der Waals surface area (Å²) in [5.74, 6) is -0.731. The van der Waals surface area contributed by atoms with Crippen molar-refractivity contribution in [1.82, 2.24) is 25.5 Å². The van der Waals surface area contributed by atoms with E-state index < -0.39 is 11.8 Å². The van der Waals surface area contributed by atoms with Crippen molar-refractivity contribution in [2.24, 2.45) is 0 Å². The van der Waals surface area contributed by atoms with Crippen molar-refractivity contribution in [3.05, 3.63) is 95.0 Å². The van der Waals surface area contributed by atoms with E-state index in [1.165, 1.54) is 15.7 Å². The van der Waals surface area contributed by atoms with Gasteiger partial charge in [-0.15, -0.1) is 0 Å². The Morgan fingerprint density at radius 2 is 1.71 bits per heavy atom. The van der Waals surface area contributed by atoms with Gasteiger partial charge in [0.2, 0.25) is 0 Å². The number of amides is 2. The minimum atomic E-state index is -0.593. The number of rotatable bonds is 5. The highest BCUT2D eigenvalue weighted by atomic mass is 35.5. The standard InChI is InChI=1S/C24H15ClN6O3S/c25-16-9-11-17(12-10-16)30-22(33)20(21(32)26-24(30)35)14-15-5-4-8-19(13-15)34-23-27-28-29-31(23)18-6-2-1-3-7-18/h1-14H,(H,26,32,35). The fraction of sp³-hybridized carbons (Fsp3) is 0. The molecule has 1 N–H and O–H groups in total. The van der Waals surface area contributed by atoms with Crippen molar-refractivity contribution in [2.75, 3.05) is 4.90 Å². The Balaban J connectivity index is 1.43. The lowest BCUT2D eigenvalue weighted by Gasteiger charge is -2.28. The van der Waals surface area contributed by atoms with Crippen molar-refractivity contribution < 1.29 is 14.3 Å². The van der Waals surface area contributed by atoms with Crippen LogP contribution in [0.15, 0.2) is 84.4 Å². The molecule has 2 amide bonds. The molecule has 1 aliphatic heterocycles. The number of hydrogen-bond donors (Lipinski definition) is 1. The Morgan fingerprint density at radius 3 is 2.49 bits per heavy atom. The molecule has 4 aromatic rings. The predicted octanol–water partition coefficient (Wildman–Crippen LogP) is 3.94. The molecule has 1 aromatic heterocycles. The monoisotopic (exact) mass is 502 g/mol. The zero-order valence-electron chi connectivity index (χ0n) is 17.8. The summed E-state index contributed by atoms with van der Waals surface area (Å²) in [4.78, 5) is 27.0. The normalized spacial score (nSPS) is 14.8. The average molecular weight is 503 g/mol. The summed E-state index contributed by atoms with van der Waals surface area (Å²) in [6, 6.07) is 22.8. The number of tetrazole rings is 1. The van der Waals surface area contributed by atoms with Crippen molar-refractivity contribution >= 4 is 52.5 Å². The SMILES string of the molecule is O=C1NC(=S)N(c2ccc(Cl)cc2)C(=O)C1=Cc1cccc(Oc2nnnn2-c2ccccc2)c1. The molecule has 3 aromatic carbocycles. The molecule has 0 spiro atoms. The van der Waals surface area contributed by atoms with E-state index in [2.05, 4.69) is 20.8 Å². The summed E-state index contributed by atoms with van der Waals surface area (Å²) in [6.45, 7) is 0. The Bertz CT molecular complexity index is 1470. The third-order valence-corrected chi connectivity index (χ3v) is 5.54. The van der Waals surface area contributed by atoms with Gasteiger partial charge in [-0.25, -0.2) is 0 Å². The lowest BCUT2D eigenvalue weighted by molar-refractivity contribution is -0.122. The number of nitrogens with zero attached hydrogens (tertiary/aromatic N) is 5. The number of hydrogen-bond acceptors (Lipinski definition) is 7. The molecule has 0 atom stereocenters. The Labute approximate surface area is 209 Å². The lowest BCUT2D eigenvalue weighted by atomic mass is 10.1. The number of carbonyl (C=O) groups excluding carboxylic acids is 2. The van der Waals surface area contributed by atoms with Gasteiger partial charge in [-0.1, -0.05) is 47.0 Å². The molecule has 172 valence electrons. The molecule has 1 saturated heterocycles. The second kappa shape index (κ2) is 9.45. The molecule has 0 saturated carbocycles. The van der Waals surface area contributed by atoms with Crippen LogP contribution in [0.3, 0.4) is 0 Å². The van der Waals surface area contributed by atoms with Crippen LogP contribution >= 0.6 is 23.8 Å². The van der Waals surface area contributed by atoms with Crippen LogP contribution in [-0.4, -0.2) is 37.1 Å². The van der Waals surface area contributed by atoms with E-state index >= 15 is 0 Å². The number of nitrogens with one attached hydrogen (secondary N) is 1. The van der Waals surface area contributed by atoms with Crippen LogP contribution < -0.4 is 15.0 Å². The number of carbonyl (C=O) groups is 2. The second-order valence-electron chi connectivity index (χ2n) is 7.32. The maximum atomic E-state index is 13.2. The van der Waals surface area contributed by atoms with E-state index in [0.29, 0.717) is 22.0 Å². The van der Waals surface area contributed by atoms with Crippen molar-refractivity contribution in [2.45, 2.75) is 0 Å². The van der Waals surface area contributed by atoms with Gasteiger partial charge in [0.15, 0.2) is 5.11 Å². The highest BCUT2D eigenvalue weighted by Crippen LogP contribution is 2.26. The van der Waals surface area contributed by atoms with Gasteiger partial charge in [0.05, 0.1) is 11.4 Å². The van der Waals surface area contributed by atoms with Crippen LogP contribution in [0.2, 0.25) is 5.02 Å². The van der Waals surface area contributed by atoms with Gasteiger partial charge in [0.1, 0.15) is 11.3 Å². The largest absolute Gasteiger partial charge is 0.423 e. The number of benzene rings is 3. The van der Waals surface area contributed by atoms with Crippen LogP contribution in [0.1, 0.15) is 5.56 Å². The van der Waals surface area contributed by atoms with Gasteiger partial charge in [-0.3, -0.25) is 19.8 Å². The summed E-state index contributed by atoms with van der Waals surface area (Å²) >= 11 is 11.2. The van der Waals surface area contributed by atoms with Gasteiger partial charge in [0.25, 0.3) is 11.8 Å². The third-order valence-electron chi connectivity index (χ3n) is 5.01. The molecule has 35 heavy (non-hydrogen) atoms. The van der Waals surface area contributed by atoms with Crippen LogP contribution in [0, 0.1) is 0 Å². The topological polar surface area (TPSA) is 102 Å². The summed E-state index contributed by atoms with van der Waals surface area (Å²) in [5.41, 5.74) is 1.69. The first-order valence-electron chi connectivity index (χ1n) is 10.3. The van der Waals surface area contributed by atoms with Gasteiger partial charge in [0, 0.05) is 5.02 Å². The fourth-order valence-electron chi connectivity index (χ4n) is 3.40. The lowest BCUT2D eigenvalue weighted by Crippen LogP contribution is -2.54. The number of aromatic nitrogens is 4. The fourth-order valence-corrected chi connectivity index (χ4v) is 3.80. The molecule has 0 radical (unpaired) electrons. The first-order valence-corrected chi connectivity index (χ1v) is 11.1. The minimum Gasteiger partial charge on any atom is -0.423 e. The number of para-hydroxylation sites is 1. The Morgan fingerprint density at radius 1 is 0.943 bits per heavy atom. The molecule has 1 fully saturated rings. The highest BCUT2D eigenvalue weighted by molar-refractivity contribution is 7.80. The molecule has 0 bridgehead atoms. The molecule has 0 unspecified atom stereocenters. The molecular formula is C24H15ClN6O3S. The number of halogens is 1. The zero-order chi connectivity index (χ0) is 24.4. The number of ether oxygens (including phenoxy) is 1. The van der Waals surface area contributed by atoms with E-state index in [1.807, 2.05) is 30.3 Å². The van der Waals surface area contributed by atoms with Crippen LogP contribution in [0.5, 0.6) is 11.8 Å². The molecule has 11 heteroatoms. The quantitative estimate of drug-likeness (QED) is 0.250. The second-order valence-corrected chi connectivity index (χ2v) is 8.14. The number of thiocarbonyl (C=S) groups is 1. The summed E-state index contributed by atoms with van der Waals surface area (Å²) in [6.07, 6.45) is 1.47. The predicted molar refractivity (Wildman–Crippen MR) is 133 cm³/mol. The van der Waals surface area contributed by atoms with Gasteiger partial charge < -0.3 is 4.74 Å². The van der Waals surface area contributed by atoms with Gasteiger partial charge >= 0.3 is 6.01 Å². The van der Waals surface area contributed by atoms with E-state index in [-0.39, 0.29) is 16.7 Å². The smallest absolute Gasteiger partial charge is 0.345 e. The maximum absolute atomic E-state index is 13.2. The summed E-state index contributed by atoms with van der Waals surface area (Å²) in [7, 11) is 0. The van der Waals surface area contributed by atoms with Crippen LogP contribution in [0.25, 0.3) is 11.8 Å². The van der Waals surface area contributed by atoms with E-state index in [9.17, 15) is 9.59 Å². The van der Waals surface area contributed by atoms with Gasteiger partial charge in [-0.2, -0.15) is 4.68 Å². The minimum absolute atomic E-state index is 0.00990. The first-order chi connectivity index (χ1) is 17.0. The average Bonchev–Trinajstić information content (AvgIpc) is 3.32. The molecule has 2 heterocycles. The Kier molecular flexibility index (Phi) is 6.04. The van der Waals surface area contributed by atoms with E-state index in [0.717, 1.165) is 5.69 Å². The molecule has 5 rings (SSSR count). The number of anilines is 1. The molecule has 9 nitrogen and oxygen atoms in total. The van der Waals surface area contributed by atoms with E-state index in [1.54, 1.807) is 48.5 Å². The van der Waals surface area contributed by atoms with Crippen LogP contribution in [0.4, 0.5) is 5.69 Å². The Hall–Kier alpha value is -4.41. The van der Waals surface area contributed by atoms with Gasteiger partial charge in [-0.05, 0) is 82.8 Å². The molecule has 1 aliphatic rings. The van der Waals surface area contributed by atoms with E-state index in [4.69, 9.17) is 28.6 Å². The third kappa shape index (κ3) is 4.65.